The van der Waals surface area contributed by atoms with E-state index in [0.29, 0.717) is 5.56 Å². The molecule has 0 aromatic heterocycles. The average molecular weight is 570 g/mol. The molecule has 226 valence electrons. The van der Waals surface area contributed by atoms with Gasteiger partial charge in [-0.05, 0) is 63.1 Å². The summed E-state index contributed by atoms with van der Waals surface area (Å²) in [6.45, 7) is 15.6. The fourth-order valence-electron chi connectivity index (χ4n) is 3.27. The lowest BCUT2D eigenvalue weighted by Crippen LogP contribution is -2.40. The highest BCUT2D eigenvalue weighted by atomic mass is 16.8. The number of rotatable bonds is 13. The summed E-state index contributed by atoms with van der Waals surface area (Å²) in [5.74, 6) is -3.19. The Hall–Kier alpha value is -3.54. The monoisotopic (exact) mass is 569 g/mol. The van der Waals surface area contributed by atoms with Crippen LogP contribution in [0.4, 0.5) is 14.4 Å². The van der Waals surface area contributed by atoms with Crippen LogP contribution in [0.1, 0.15) is 73.8 Å². The molecule has 1 rings (SSSR count). The Morgan fingerprint density at radius 2 is 1.25 bits per heavy atom. The predicted molar refractivity (Wildman–Crippen MR) is 144 cm³/mol. The maximum atomic E-state index is 12.5. The quantitative estimate of drug-likeness (QED) is 0.174. The van der Waals surface area contributed by atoms with Crippen LogP contribution in [0.3, 0.4) is 0 Å². The van der Waals surface area contributed by atoms with Crippen molar-refractivity contribution in [3.05, 3.63) is 23.8 Å². The lowest BCUT2D eigenvalue weighted by atomic mass is 9.82. The van der Waals surface area contributed by atoms with Gasteiger partial charge in [0, 0.05) is 5.92 Å². The molecule has 0 bridgehead atoms. The van der Waals surface area contributed by atoms with Crippen LogP contribution in [0.5, 0.6) is 11.5 Å². The van der Waals surface area contributed by atoms with Crippen LogP contribution in [-0.4, -0.2) is 60.5 Å². The van der Waals surface area contributed by atoms with E-state index in [4.69, 9.17) is 34.2 Å². The first-order valence-corrected chi connectivity index (χ1v) is 13.3. The van der Waals surface area contributed by atoms with Gasteiger partial charge < -0.3 is 39.3 Å². The Bertz CT molecular complexity index is 1010. The highest BCUT2D eigenvalue weighted by Crippen LogP contribution is 2.36. The topological polar surface area (TPSA) is 170 Å². The van der Waals surface area contributed by atoms with E-state index in [2.05, 4.69) is 0 Å². The van der Waals surface area contributed by atoms with Gasteiger partial charge in [0.15, 0.2) is 11.5 Å². The van der Waals surface area contributed by atoms with Crippen molar-refractivity contribution in [2.45, 2.75) is 92.6 Å². The van der Waals surface area contributed by atoms with E-state index in [1.54, 1.807) is 34.6 Å². The van der Waals surface area contributed by atoms with Gasteiger partial charge in [-0.2, -0.15) is 0 Å². The van der Waals surface area contributed by atoms with Crippen LogP contribution in [0.25, 0.3) is 0 Å². The SMILES string of the molecule is CC(C)OC(=O)OCC(C)C(c1ccc(OC(=O)OC(C)C(C)C)c(OC(=O)OC(C)C(C)C)c1)[C@H](N)C(=O)O. The minimum Gasteiger partial charge on any atom is -0.480 e. The Balaban J connectivity index is 3.39. The summed E-state index contributed by atoms with van der Waals surface area (Å²) >= 11 is 0. The molecule has 0 heterocycles. The molecule has 40 heavy (non-hydrogen) atoms. The maximum absolute atomic E-state index is 12.5. The maximum Gasteiger partial charge on any atom is 0.514 e. The molecule has 0 saturated heterocycles. The minimum atomic E-state index is -1.43. The van der Waals surface area contributed by atoms with Gasteiger partial charge in [0.25, 0.3) is 0 Å². The third kappa shape index (κ3) is 11.3. The first kappa shape index (κ1) is 34.5. The Labute approximate surface area is 235 Å². The molecule has 0 aliphatic heterocycles. The summed E-state index contributed by atoms with van der Waals surface area (Å²) in [5, 5.41) is 9.68. The molecular formula is C28H43NO11. The Morgan fingerprint density at radius 3 is 1.70 bits per heavy atom. The van der Waals surface area contributed by atoms with Crippen molar-refractivity contribution in [3.63, 3.8) is 0 Å². The van der Waals surface area contributed by atoms with Crippen molar-refractivity contribution in [2.75, 3.05) is 6.61 Å². The number of carboxylic acid groups (broad SMARTS) is 1. The normalized spacial score (nSPS) is 15.0. The van der Waals surface area contributed by atoms with Crippen molar-refractivity contribution in [2.24, 2.45) is 23.5 Å². The van der Waals surface area contributed by atoms with E-state index in [0.717, 1.165) is 0 Å². The molecule has 0 aliphatic rings. The van der Waals surface area contributed by atoms with Crippen molar-refractivity contribution in [3.8, 4) is 11.5 Å². The number of hydrogen-bond acceptors (Lipinski definition) is 11. The summed E-state index contributed by atoms with van der Waals surface area (Å²) in [6, 6.07) is 2.70. The van der Waals surface area contributed by atoms with Gasteiger partial charge in [0.1, 0.15) is 18.2 Å². The predicted octanol–water partition coefficient (Wildman–Crippen LogP) is 5.50. The van der Waals surface area contributed by atoms with Gasteiger partial charge in [-0.1, -0.05) is 40.7 Å². The molecule has 0 aliphatic carbocycles. The Morgan fingerprint density at radius 1 is 0.750 bits per heavy atom. The standard InChI is InChI=1S/C28H43NO11/c1-14(2)18(8)37-27(33)39-21-11-10-20(12-22(21)40-28(34)38-19(9)15(3)4)23(24(29)25(30)31)17(7)13-35-26(32)36-16(5)6/h10-12,14-19,23-24H,13,29H2,1-9H3,(H,30,31)/t17?,18?,19?,23?,24-/m0/s1. The van der Waals surface area contributed by atoms with Crippen molar-refractivity contribution in [1.29, 1.82) is 0 Å². The summed E-state index contributed by atoms with van der Waals surface area (Å²) in [4.78, 5) is 48.7. The second-order valence-electron chi connectivity index (χ2n) is 10.6. The van der Waals surface area contributed by atoms with E-state index < -0.39 is 60.6 Å². The Kier molecular flexibility index (Phi) is 13.7. The number of benzene rings is 1. The number of ether oxygens (including phenoxy) is 6. The zero-order valence-corrected chi connectivity index (χ0v) is 24.7. The summed E-state index contributed by atoms with van der Waals surface area (Å²) < 4.78 is 31.3. The van der Waals surface area contributed by atoms with Crippen molar-refractivity contribution >= 4 is 24.4 Å². The molecule has 0 radical (unpaired) electrons. The van der Waals surface area contributed by atoms with Crippen molar-refractivity contribution < 1.29 is 52.7 Å². The minimum absolute atomic E-state index is 0.00304. The van der Waals surface area contributed by atoms with E-state index in [9.17, 15) is 24.3 Å². The zero-order chi connectivity index (χ0) is 30.7. The van der Waals surface area contributed by atoms with E-state index >= 15 is 0 Å². The van der Waals surface area contributed by atoms with Gasteiger partial charge in [-0.25, -0.2) is 14.4 Å². The number of carbonyl (C=O) groups excluding carboxylic acids is 3. The lowest BCUT2D eigenvalue weighted by molar-refractivity contribution is -0.139. The van der Waals surface area contributed by atoms with E-state index in [1.165, 1.54) is 18.2 Å². The molecule has 0 saturated carbocycles. The number of nitrogens with two attached hydrogens (primary N) is 1. The molecule has 12 nitrogen and oxygen atoms in total. The smallest absolute Gasteiger partial charge is 0.480 e. The average Bonchev–Trinajstić information content (AvgIpc) is 2.83. The molecule has 0 spiro atoms. The van der Waals surface area contributed by atoms with Crippen LogP contribution >= 0.6 is 0 Å². The summed E-state index contributed by atoms with van der Waals surface area (Å²) in [6.07, 6.45) is -4.32. The third-order valence-corrected chi connectivity index (χ3v) is 6.26. The number of aliphatic carboxylic acids is 1. The molecule has 5 atom stereocenters. The second kappa shape index (κ2) is 15.9. The molecule has 3 N–H and O–H groups in total. The van der Waals surface area contributed by atoms with Gasteiger partial charge in [0.05, 0.1) is 12.7 Å². The fraction of sp³-hybridized carbons (Fsp3) is 0.643. The van der Waals surface area contributed by atoms with Crippen LogP contribution in [-0.2, 0) is 23.7 Å². The zero-order valence-electron chi connectivity index (χ0n) is 24.7. The number of hydrogen-bond donors (Lipinski definition) is 2. The molecule has 1 aromatic carbocycles. The van der Waals surface area contributed by atoms with Gasteiger partial charge in [0.2, 0.25) is 0 Å². The molecule has 0 amide bonds. The summed E-state index contributed by atoms with van der Waals surface area (Å²) in [5.41, 5.74) is 6.34. The van der Waals surface area contributed by atoms with Gasteiger partial charge in [-0.15, -0.1) is 0 Å². The van der Waals surface area contributed by atoms with Crippen LogP contribution in [0.15, 0.2) is 18.2 Å². The van der Waals surface area contributed by atoms with Crippen LogP contribution in [0, 0.1) is 17.8 Å². The van der Waals surface area contributed by atoms with E-state index in [-0.39, 0.29) is 29.9 Å². The molecular weight excluding hydrogens is 526 g/mol. The highest BCUT2D eigenvalue weighted by Gasteiger charge is 2.33. The third-order valence-electron chi connectivity index (χ3n) is 6.26. The van der Waals surface area contributed by atoms with E-state index in [1.807, 2.05) is 27.7 Å². The fourth-order valence-corrected chi connectivity index (χ4v) is 3.27. The molecule has 4 unspecified atom stereocenters. The summed E-state index contributed by atoms with van der Waals surface area (Å²) in [7, 11) is 0. The second-order valence-corrected chi connectivity index (χ2v) is 10.6. The highest BCUT2D eigenvalue weighted by molar-refractivity contribution is 5.75. The van der Waals surface area contributed by atoms with Crippen LogP contribution < -0.4 is 15.2 Å². The number of carbonyl (C=O) groups is 4. The van der Waals surface area contributed by atoms with Crippen LogP contribution in [0.2, 0.25) is 0 Å². The molecule has 12 heteroatoms. The van der Waals surface area contributed by atoms with Gasteiger partial charge >= 0.3 is 24.4 Å². The molecule has 1 aromatic rings. The lowest BCUT2D eigenvalue weighted by Gasteiger charge is -2.28. The van der Waals surface area contributed by atoms with Gasteiger partial charge in [-0.3, -0.25) is 4.79 Å². The van der Waals surface area contributed by atoms with Crippen molar-refractivity contribution in [1.82, 2.24) is 0 Å². The first-order chi connectivity index (χ1) is 18.5. The first-order valence-electron chi connectivity index (χ1n) is 13.3. The largest absolute Gasteiger partial charge is 0.514 e. The molecule has 0 fully saturated rings. The number of carboxylic acids is 1.